The van der Waals surface area contributed by atoms with Gasteiger partial charge in [0.2, 0.25) is 5.91 Å². The van der Waals surface area contributed by atoms with Crippen molar-refractivity contribution in [1.82, 2.24) is 19.4 Å². The van der Waals surface area contributed by atoms with Gasteiger partial charge in [-0.3, -0.25) is 9.59 Å². The second-order valence-corrected chi connectivity index (χ2v) is 8.35. The number of carbonyl (C=O) groups is 1. The molecular weight excluding hydrogens is 420 g/mol. The molecule has 4 rings (SSSR count). The molecule has 1 saturated carbocycles. The third kappa shape index (κ3) is 4.51. The number of carbonyl (C=O) groups excluding carboxylic acids is 1. The van der Waals surface area contributed by atoms with Crippen LogP contribution in [0.5, 0.6) is 11.5 Å². The van der Waals surface area contributed by atoms with Crippen LogP contribution < -0.4 is 15.0 Å². The van der Waals surface area contributed by atoms with E-state index in [1.807, 2.05) is 13.0 Å². The molecular formula is C25H30N4O4. The molecule has 0 saturated heterocycles. The van der Waals surface area contributed by atoms with Gasteiger partial charge in [0.25, 0.3) is 5.56 Å². The average Bonchev–Trinajstić information content (AvgIpc) is 3.59. The molecule has 2 aromatic heterocycles. The highest BCUT2D eigenvalue weighted by Gasteiger charge is 2.26. The van der Waals surface area contributed by atoms with Crippen LogP contribution in [-0.2, 0) is 11.3 Å². The number of hydrogen-bond acceptors (Lipinski definition) is 5. The molecule has 33 heavy (non-hydrogen) atoms. The van der Waals surface area contributed by atoms with Crippen molar-refractivity contribution < 1.29 is 14.3 Å². The van der Waals surface area contributed by atoms with E-state index >= 15 is 0 Å². The molecule has 3 aromatic rings. The topological polar surface area (TPSA) is 89.5 Å². The van der Waals surface area contributed by atoms with E-state index in [0.29, 0.717) is 40.8 Å². The minimum Gasteiger partial charge on any atom is -0.493 e. The fourth-order valence-corrected chi connectivity index (χ4v) is 4.25. The van der Waals surface area contributed by atoms with E-state index in [2.05, 4.69) is 34.4 Å². The van der Waals surface area contributed by atoms with Gasteiger partial charge in [0.05, 0.1) is 31.7 Å². The van der Waals surface area contributed by atoms with Gasteiger partial charge in [0, 0.05) is 36.1 Å². The summed E-state index contributed by atoms with van der Waals surface area (Å²) in [5, 5.41) is 0.400. The first kappa shape index (κ1) is 22.6. The van der Waals surface area contributed by atoms with E-state index in [1.165, 1.54) is 38.4 Å². The maximum Gasteiger partial charge on any atom is 0.258 e. The average molecular weight is 451 g/mol. The Balaban J connectivity index is 1.56. The first-order valence-electron chi connectivity index (χ1n) is 11.2. The number of rotatable bonds is 8. The van der Waals surface area contributed by atoms with Gasteiger partial charge in [-0.1, -0.05) is 0 Å². The van der Waals surface area contributed by atoms with Gasteiger partial charge in [-0.05, 0) is 57.4 Å². The number of methoxy groups -OCH3 is 2. The van der Waals surface area contributed by atoms with Crippen molar-refractivity contribution in [3.05, 3.63) is 57.4 Å². The summed E-state index contributed by atoms with van der Waals surface area (Å²) in [7, 11) is 3.05. The molecule has 8 heteroatoms. The molecule has 0 unspecified atom stereocenters. The Morgan fingerprint density at radius 2 is 1.91 bits per heavy atom. The summed E-state index contributed by atoms with van der Waals surface area (Å²) >= 11 is 0. The normalized spacial score (nSPS) is 13.6. The molecule has 8 nitrogen and oxygen atoms in total. The van der Waals surface area contributed by atoms with Gasteiger partial charge in [-0.25, -0.2) is 4.98 Å². The van der Waals surface area contributed by atoms with Crippen LogP contribution >= 0.6 is 0 Å². The summed E-state index contributed by atoms with van der Waals surface area (Å²) in [5.41, 5.74) is 3.66. The standard InChI is InChI=1S/C25H30N4O4/c1-6-28(24(30)10-7-17-11-15(2)29(16(17)3)18-8-9-18)14-23-26-20-13-22(33-5)21(32-4)12-19(20)25(31)27-23/h7,10-13,18H,6,8-9,14H2,1-5H3,(H,26,27,31)/b10-7+. The minimum absolute atomic E-state index is 0.135. The number of nitrogens with zero attached hydrogens (tertiary/aromatic N) is 3. The monoisotopic (exact) mass is 450 g/mol. The van der Waals surface area contributed by atoms with E-state index in [1.54, 1.807) is 23.1 Å². The van der Waals surface area contributed by atoms with Gasteiger partial charge in [-0.15, -0.1) is 0 Å². The third-order valence-electron chi connectivity index (χ3n) is 6.13. The van der Waals surface area contributed by atoms with Crippen molar-refractivity contribution in [1.29, 1.82) is 0 Å². The SMILES string of the molecule is CCN(Cc1nc2cc(OC)c(OC)cc2c(=O)[nH]1)C(=O)/C=C/c1cc(C)n(C2CC2)c1C. The second-order valence-electron chi connectivity index (χ2n) is 8.35. The molecule has 1 aromatic carbocycles. The predicted molar refractivity (Wildman–Crippen MR) is 128 cm³/mol. The van der Waals surface area contributed by atoms with E-state index in [4.69, 9.17) is 9.47 Å². The lowest BCUT2D eigenvalue weighted by atomic mass is 10.2. The van der Waals surface area contributed by atoms with E-state index in [-0.39, 0.29) is 18.0 Å². The summed E-state index contributed by atoms with van der Waals surface area (Å²) < 4.78 is 13.0. The number of aromatic amines is 1. The third-order valence-corrected chi connectivity index (χ3v) is 6.13. The number of aryl methyl sites for hydroxylation is 1. The van der Waals surface area contributed by atoms with Crippen molar-refractivity contribution in [3.8, 4) is 11.5 Å². The van der Waals surface area contributed by atoms with Crippen molar-refractivity contribution >= 4 is 22.9 Å². The molecule has 0 atom stereocenters. The number of aromatic nitrogens is 3. The molecule has 0 spiro atoms. The van der Waals surface area contributed by atoms with Gasteiger partial charge in [-0.2, -0.15) is 0 Å². The first-order valence-corrected chi connectivity index (χ1v) is 11.2. The van der Waals surface area contributed by atoms with Crippen LogP contribution in [0.4, 0.5) is 0 Å². The van der Waals surface area contributed by atoms with E-state index in [0.717, 1.165) is 5.56 Å². The fourth-order valence-electron chi connectivity index (χ4n) is 4.25. The first-order chi connectivity index (χ1) is 15.9. The smallest absolute Gasteiger partial charge is 0.258 e. The van der Waals surface area contributed by atoms with Gasteiger partial charge >= 0.3 is 0 Å². The minimum atomic E-state index is -0.289. The highest BCUT2D eigenvalue weighted by Crippen LogP contribution is 2.38. The molecule has 1 aliphatic carbocycles. The summed E-state index contributed by atoms with van der Waals surface area (Å²) in [6.07, 6.45) is 5.91. The zero-order chi connectivity index (χ0) is 23.7. The molecule has 1 N–H and O–H groups in total. The van der Waals surface area contributed by atoms with Crippen LogP contribution in [0.25, 0.3) is 17.0 Å². The Bertz CT molecular complexity index is 1280. The lowest BCUT2D eigenvalue weighted by molar-refractivity contribution is -0.126. The van der Waals surface area contributed by atoms with E-state index < -0.39 is 0 Å². The fraction of sp³-hybridized carbons (Fsp3) is 0.400. The predicted octanol–water partition coefficient (Wildman–Crippen LogP) is 3.76. The van der Waals surface area contributed by atoms with Crippen LogP contribution in [0.15, 0.2) is 29.1 Å². The Morgan fingerprint density at radius 3 is 2.55 bits per heavy atom. The zero-order valence-corrected chi connectivity index (χ0v) is 19.8. The molecule has 0 bridgehead atoms. The van der Waals surface area contributed by atoms with Crippen LogP contribution in [-0.4, -0.2) is 46.1 Å². The van der Waals surface area contributed by atoms with Crippen molar-refractivity contribution in [3.63, 3.8) is 0 Å². The largest absolute Gasteiger partial charge is 0.493 e. The number of benzene rings is 1. The number of likely N-dealkylation sites (N-methyl/N-ethyl adjacent to an activating group) is 1. The van der Waals surface area contributed by atoms with Crippen molar-refractivity contribution in [2.45, 2.75) is 46.2 Å². The Kier molecular flexibility index (Phi) is 6.26. The Hall–Kier alpha value is -3.55. The summed E-state index contributed by atoms with van der Waals surface area (Å²) in [5.74, 6) is 1.23. The number of ether oxygens (including phenoxy) is 2. The Morgan fingerprint density at radius 1 is 1.21 bits per heavy atom. The zero-order valence-electron chi connectivity index (χ0n) is 19.8. The highest BCUT2D eigenvalue weighted by molar-refractivity contribution is 5.92. The van der Waals surface area contributed by atoms with Crippen LogP contribution in [0.2, 0.25) is 0 Å². The van der Waals surface area contributed by atoms with Crippen molar-refractivity contribution in [2.24, 2.45) is 0 Å². The number of amides is 1. The molecule has 0 aliphatic heterocycles. The highest BCUT2D eigenvalue weighted by atomic mass is 16.5. The van der Waals surface area contributed by atoms with E-state index in [9.17, 15) is 9.59 Å². The number of H-pyrrole nitrogens is 1. The summed E-state index contributed by atoms with van der Waals surface area (Å²) in [4.78, 5) is 34.5. The van der Waals surface area contributed by atoms with Gasteiger partial charge in [0.15, 0.2) is 11.5 Å². The summed E-state index contributed by atoms with van der Waals surface area (Å²) in [6, 6.07) is 6.00. The molecule has 2 heterocycles. The Labute approximate surface area is 192 Å². The molecule has 174 valence electrons. The van der Waals surface area contributed by atoms with Crippen molar-refractivity contribution in [2.75, 3.05) is 20.8 Å². The maximum absolute atomic E-state index is 12.9. The molecule has 1 amide bonds. The lowest BCUT2D eigenvalue weighted by Gasteiger charge is -2.18. The van der Waals surface area contributed by atoms with Crippen LogP contribution in [0, 0.1) is 13.8 Å². The van der Waals surface area contributed by atoms with Crippen LogP contribution in [0.3, 0.4) is 0 Å². The van der Waals surface area contributed by atoms with Crippen LogP contribution in [0.1, 0.15) is 48.6 Å². The second kappa shape index (κ2) is 9.13. The molecule has 1 fully saturated rings. The molecule has 0 radical (unpaired) electrons. The van der Waals surface area contributed by atoms with Gasteiger partial charge < -0.3 is 23.9 Å². The number of fused-ring (bicyclic) bond motifs is 1. The quantitative estimate of drug-likeness (QED) is 0.528. The maximum atomic E-state index is 12.9. The lowest BCUT2D eigenvalue weighted by Crippen LogP contribution is -2.30. The number of hydrogen-bond donors (Lipinski definition) is 1. The summed E-state index contributed by atoms with van der Waals surface area (Å²) in [6.45, 7) is 6.78. The van der Waals surface area contributed by atoms with Gasteiger partial charge in [0.1, 0.15) is 5.82 Å². The number of nitrogens with one attached hydrogen (secondary N) is 1. The molecule has 1 aliphatic rings.